The van der Waals surface area contributed by atoms with Gasteiger partial charge in [-0.3, -0.25) is 9.48 Å². The van der Waals surface area contributed by atoms with Crippen molar-refractivity contribution in [3.63, 3.8) is 0 Å². The second kappa shape index (κ2) is 9.05. The lowest BCUT2D eigenvalue weighted by molar-refractivity contribution is 0.101. The Balaban J connectivity index is 1.50. The van der Waals surface area contributed by atoms with Crippen molar-refractivity contribution in [3.8, 4) is 5.75 Å². The van der Waals surface area contributed by atoms with E-state index in [0.717, 1.165) is 11.3 Å². The molecule has 2 aromatic carbocycles. The molecule has 0 saturated carbocycles. The van der Waals surface area contributed by atoms with E-state index < -0.39 is 5.91 Å². The lowest BCUT2D eigenvalue weighted by atomic mass is 10.2. The maximum absolute atomic E-state index is 13.1. The van der Waals surface area contributed by atoms with Gasteiger partial charge >= 0.3 is 0 Å². The molecule has 0 unspecified atom stereocenters. The van der Waals surface area contributed by atoms with Crippen LogP contribution >= 0.6 is 0 Å². The third-order valence-corrected chi connectivity index (χ3v) is 5.19. The highest BCUT2D eigenvalue weighted by molar-refractivity contribution is 6.04. The van der Waals surface area contributed by atoms with Gasteiger partial charge < -0.3 is 14.6 Å². The normalized spacial score (nSPS) is 10.9. The van der Waals surface area contributed by atoms with Crippen LogP contribution in [0.2, 0.25) is 0 Å². The Hall–Kier alpha value is -3.94. The second-order valence-electron chi connectivity index (χ2n) is 7.45. The van der Waals surface area contributed by atoms with Crippen molar-refractivity contribution in [2.24, 2.45) is 0 Å². The SMILES string of the molecule is Cc1nn(Cc2ccccc2)c(C)c1NC(=O)c1noc(C)c1COc1ccc(F)cc1. The van der Waals surface area contributed by atoms with Crippen LogP contribution in [0.4, 0.5) is 10.1 Å². The van der Waals surface area contributed by atoms with Gasteiger partial charge in [-0.05, 0) is 50.6 Å². The summed E-state index contributed by atoms with van der Waals surface area (Å²) in [6, 6.07) is 15.6. The maximum Gasteiger partial charge on any atom is 0.278 e. The van der Waals surface area contributed by atoms with Gasteiger partial charge in [0, 0.05) is 0 Å². The van der Waals surface area contributed by atoms with E-state index in [0.29, 0.717) is 35.0 Å². The predicted octanol–water partition coefficient (Wildman–Crippen LogP) is 4.82. The Labute approximate surface area is 184 Å². The molecule has 0 atom stereocenters. The molecule has 1 amide bonds. The quantitative estimate of drug-likeness (QED) is 0.451. The number of anilines is 1. The minimum Gasteiger partial charge on any atom is -0.489 e. The van der Waals surface area contributed by atoms with E-state index in [4.69, 9.17) is 9.26 Å². The average molecular weight is 434 g/mol. The molecule has 2 heterocycles. The predicted molar refractivity (Wildman–Crippen MR) is 117 cm³/mol. The molecule has 4 rings (SSSR count). The van der Waals surface area contributed by atoms with E-state index in [-0.39, 0.29) is 18.1 Å². The number of nitrogens with one attached hydrogen (secondary N) is 1. The van der Waals surface area contributed by atoms with E-state index in [2.05, 4.69) is 15.6 Å². The molecule has 0 aliphatic carbocycles. The highest BCUT2D eigenvalue weighted by Gasteiger charge is 2.23. The number of ether oxygens (including phenoxy) is 1. The van der Waals surface area contributed by atoms with Crippen LogP contribution in [0.5, 0.6) is 5.75 Å². The molecule has 0 aliphatic heterocycles. The summed E-state index contributed by atoms with van der Waals surface area (Å²) in [5, 5.41) is 11.4. The molecule has 2 aromatic heterocycles. The van der Waals surface area contributed by atoms with Gasteiger partial charge in [-0.25, -0.2) is 4.39 Å². The molecule has 164 valence electrons. The first kappa shape index (κ1) is 21.3. The Kier molecular flexibility index (Phi) is 6.02. The monoisotopic (exact) mass is 434 g/mol. The van der Waals surface area contributed by atoms with Gasteiger partial charge in [-0.1, -0.05) is 35.5 Å². The smallest absolute Gasteiger partial charge is 0.278 e. The largest absolute Gasteiger partial charge is 0.489 e. The third-order valence-electron chi connectivity index (χ3n) is 5.19. The number of rotatable bonds is 7. The van der Waals surface area contributed by atoms with Gasteiger partial charge in [-0.15, -0.1) is 0 Å². The van der Waals surface area contributed by atoms with Crippen LogP contribution in [-0.4, -0.2) is 20.8 Å². The number of carbonyl (C=O) groups excluding carboxylic acids is 1. The van der Waals surface area contributed by atoms with Gasteiger partial charge in [0.15, 0.2) is 5.69 Å². The average Bonchev–Trinajstić information content (AvgIpc) is 3.28. The number of benzene rings is 2. The molecule has 7 nitrogen and oxygen atoms in total. The first-order chi connectivity index (χ1) is 15.4. The van der Waals surface area contributed by atoms with Crippen molar-refractivity contribution < 1.29 is 18.4 Å². The highest BCUT2D eigenvalue weighted by Crippen LogP contribution is 2.23. The Morgan fingerprint density at radius 2 is 1.81 bits per heavy atom. The van der Waals surface area contributed by atoms with Crippen LogP contribution in [-0.2, 0) is 13.2 Å². The Morgan fingerprint density at radius 3 is 2.53 bits per heavy atom. The fourth-order valence-corrected chi connectivity index (χ4v) is 3.39. The molecule has 1 N–H and O–H groups in total. The van der Waals surface area contributed by atoms with Crippen LogP contribution < -0.4 is 10.1 Å². The summed E-state index contributed by atoms with van der Waals surface area (Å²) in [6.07, 6.45) is 0. The van der Waals surface area contributed by atoms with Crippen molar-refractivity contribution in [1.29, 1.82) is 0 Å². The number of aromatic nitrogens is 3. The first-order valence-corrected chi connectivity index (χ1v) is 10.1. The maximum atomic E-state index is 13.1. The van der Waals surface area contributed by atoms with Crippen molar-refractivity contribution in [1.82, 2.24) is 14.9 Å². The van der Waals surface area contributed by atoms with Crippen molar-refractivity contribution in [2.45, 2.75) is 33.9 Å². The molecule has 8 heteroatoms. The number of hydrogen-bond donors (Lipinski definition) is 1. The molecular weight excluding hydrogens is 411 g/mol. The van der Waals surface area contributed by atoms with Crippen LogP contribution in [0.3, 0.4) is 0 Å². The summed E-state index contributed by atoms with van der Waals surface area (Å²) >= 11 is 0. The zero-order chi connectivity index (χ0) is 22.7. The van der Waals surface area contributed by atoms with Crippen LogP contribution in [0.15, 0.2) is 59.1 Å². The van der Waals surface area contributed by atoms with Gasteiger partial charge in [0.2, 0.25) is 0 Å². The number of aryl methyl sites for hydroxylation is 2. The fraction of sp³-hybridized carbons (Fsp3) is 0.208. The third kappa shape index (κ3) is 4.54. The molecule has 0 fully saturated rings. The number of hydrogen-bond acceptors (Lipinski definition) is 5. The number of nitrogens with zero attached hydrogens (tertiary/aromatic N) is 3. The molecule has 0 radical (unpaired) electrons. The molecule has 32 heavy (non-hydrogen) atoms. The lowest BCUT2D eigenvalue weighted by Crippen LogP contribution is -2.16. The first-order valence-electron chi connectivity index (χ1n) is 10.1. The summed E-state index contributed by atoms with van der Waals surface area (Å²) in [6.45, 7) is 6.13. The molecule has 0 bridgehead atoms. The minimum atomic E-state index is -0.412. The van der Waals surface area contributed by atoms with Gasteiger partial charge in [0.05, 0.1) is 29.2 Å². The van der Waals surface area contributed by atoms with E-state index >= 15 is 0 Å². The Morgan fingerprint density at radius 1 is 1.09 bits per heavy atom. The number of halogens is 1. The standard InChI is InChI=1S/C24H23FN4O3/c1-15-22(16(2)29(27-15)13-18-7-5-4-6-8-18)26-24(30)23-21(17(3)32-28-23)14-31-20-11-9-19(25)10-12-20/h4-12H,13-14H2,1-3H3,(H,26,30). The van der Waals surface area contributed by atoms with Crippen molar-refractivity contribution in [3.05, 3.63) is 94.4 Å². The molecule has 0 saturated heterocycles. The lowest BCUT2D eigenvalue weighted by Gasteiger charge is -2.08. The summed E-state index contributed by atoms with van der Waals surface area (Å²) < 4.78 is 25.9. The van der Waals surface area contributed by atoms with Gasteiger partial charge in [0.1, 0.15) is 23.9 Å². The number of carbonyl (C=O) groups is 1. The van der Waals surface area contributed by atoms with Crippen molar-refractivity contribution >= 4 is 11.6 Å². The second-order valence-corrected chi connectivity index (χ2v) is 7.45. The number of amides is 1. The Bertz CT molecular complexity index is 1230. The molecule has 0 spiro atoms. The zero-order valence-electron chi connectivity index (χ0n) is 18.1. The van der Waals surface area contributed by atoms with E-state index in [1.165, 1.54) is 24.3 Å². The van der Waals surface area contributed by atoms with Crippen molar-refractivity contribution in [2.75, 3.05) is 5.32 Å². The van der Waals surface area contributed by atoms with Gasteiger partial charge in [-0.2, -0.15) is 5.10 Å². The summed E-state index contributed by atoms with van der Waals surface area (Å²) in [7, 11) is 0. The van der Waals surface area contributed by atoms with E-state index in [1.807, 2.05) is 48.9 Å². The summed E-state index contributed by atoms with van der Waals surface area (Å²) in [4.78, 5) is 13.0. The van der Waals surface area contributed by atoms with Crippen LogP contribution in [0.1, 0.15) is 38.8 Å². The van der Waals surface area contributed by atoms with E-state index in [9.17, 15) is 9.18 Å². The van der Waals surface area contributed by atoms with Crippen LogP contribution in [0, 0.1) is 26.6 Å². The van der Waals surface area contributed by atoms with Gasteiger partial charge in [0.25, 0.3) is 5.91 Å². The highest BCUT2D eigenvalue weighted by atomic mass is 19.1. The molecule has 4 aromatic rings. The summed E-state index contributed by atoms with van der Waals surface area (Å²) in [5.41, 5.74) is 3.96. The van der Waals surface area contributed by atoms with E-state index in [1.54, 1.807) is 6.92 Å². The molecule has 0 aliphatic rings. The fourth-order valence-electron chi connectivity index (χ4n) is 3.39. The topological polar surface area (TPSA) is 82.2 Å². The molecular formula is C24H23FN4O3. The summed E-state index contributed by atoms with van der Waals surface area (Å²) in [5.74, 6) is 0.194. The minimum absolute atomic E-state index is 0.0644. The van der Waals surface area contributed by atoms with Crippen LogP contribution in [0.25, 0.3) is 0 Å². The zero-order valence-corrected chi connectivity index (χ0v) is 18.1.